The molecule has 1 aromatic heterocycles. The monoisotopic (exact) mass is 463 g/mol. The van der Waals surface area contributed by atoms with Crippen LogP contribution >= 0.6 is 0 Å². The summed E-state index contributed by atoms with van der Waals surface area (Å²) < 4.78 is 0. The van der Waals surface area contributed by atoms with Crippen molar-refractivity contribution in [1.82, 2.24) is 4.98 Å². The van der Waals surface area contributed by atoms with Crippen LogP contribution in [0.25, 0.3) is 34.3 Å². The number of hydrogen-bond acceptors (Lipinski definition) is 1. The van der Waals surface area contributed by atoms with E-state index in [9.17, 15) is 0 Å². The van der Waals surface area contributed by atoms with Crippen LogP contribution in [0, 0.1) is 26.8 Å². The number of nitrogens with zero attached hydrogens (tertiary/aromatic N) is 1. The standard InChI is InChI=1S/C20H16N.Ir/c1-12-9-17(10-13(2)14(12)3)19-11-16-8-7-15-5-4-6-18(21-19)20(15)16;/h4-9,11H,1-3H3;/q-1;. The minimum absolute atomic E-state index is 0. The molecule has 22 heavy (non-hydrogen) atoms. The smallest absolute Gasteiger partial charge is 0.0607 e. The molecule has 0 spiro atoms. The van der Waals surface area contributed by atoms with Gasteiger partial charge in [-0.3, -0.25) is 4.98 Å². The van der Waals surface area contributed by atoms with E-state index in [0.717, 1.165) is 16.8 Å². The minimum Gasteiger partial charge on any atom is -0.296 e. The average molecular weight is 463 g/mol. The SMILES string of the molecule is Cc1[c-]c(-c2cc3c4c(cccc4n2)C=C3)cc(C)c1C.[Ir]. The third kappa shape index (κ3) is 2.24. The molecular weight excluding hydrogens is 446 g/mol. The van der Waals surface area contributed by atoms with Gasteiger partial charge in [-0.2, -0.15) is 0 Å². The maximum Gasteiger partial charge on any atom is 0.0607 e. The van der Waals surface area contributed by atoms with Gasteiger partial charge in [0, 0.05) is 25.5 Å². The summed E-state index contributed by atoms with van der Waals surface area (Å²) in [5.74, 6) is 0. The molecule has 0 saturated carbocycles. The second kappa shape index (κ2) is 5.46. The number of rotatable bonds is 1. The van der Waals surface area contributed by atoms with E-state index in [0.29, 0.717) is 0 Å². The normalized spacial score (nSPS) is 11.8. The largest absolute Gasteiger partial charge is 0.296 e. The Morgan fingerprint density at radius 3 is 2.50 bits per heavy atom. The third-order valence-corrected chi connectivity index (χ3v) is 4.45. The van der Waals surface area contributed by atoms with E-state index in [1.807, 2.05) is 0 Å². The van der Waals surface area contributed by atoms with Gasteiger partial charge in [0.25, 0.3) is 0 Å². The minimum atomic E-state index is 0. The summed E-state index contributed by atoms with van der Waals surface area (Å²) in [5.41, 5.74) is 9.49. The molecule has 2 heteroatoms. The van der Waals surface area contributed by atoms with Gasteiger partial charge < -0.3 is 0 Å². The molecule has 0 bridgehead atoms. The molecule has 111 valence electrons. The zero-order valence-corrected chi connectivity index (χ0v) is 15.2. The van der Waals surface area contributed by atoms with Gasteiger partial charge in [-0.05, 0) is 22.9 Å². The first-order chi connectivity index (χ1) is 10.1. The van der Waals surface area contributed by atoms with Crippen molar-refractivity contribution in [2.75, 3.05) is 0 Å². The zero-order valence-electron chi connectivity index (χ0n) is 12.8. The second-order valence-corrected chi connectivity index (χ2v) is 5.79. The van der Waals surface area contributed by atoms with E-state index in [4.69, 9.17) is 4.98 Å². The molecule has 0 amide bonds. The Morgan fingerprint density at radius 2 is 1.73 bits per heavy atom. The Bertz CT molecular complexity index is 899. The third-order valence-electron chi connectivity index (χ3n) is 4.45. The van der Waals surface area contributed by atoms with Crippen LogP contribution in [0.15, 0.2) is 30.3 Å². The van der Waals surface area contributed by atoms with E-state index in [1.165, 1.54) is 33.2 Å². The first-order valence-corrected chi connectivity index (χ1v) is 7.26. The Kier molecular flexibility index (Phi) is 3.76. The summed E-state index contributed by atoms with van der Waals surface area (Å²) in [6, 6.07) is 14.1. The van der Waals surface area contributed by atoms with E-state index in [1.54, 1.807) is 0 Å². The van der Waals surface area contributed by atoms with Crippen LogP contribution in [-0.4, -0.2) is 4.98 Å². The van der Waals surface area contributed by atoms with Crippen molar-refractivity contribution < 1.29 is 20.1 Å². The molecule has 0 unspecified atom stereocenters. The molecule has 1 nitrogen and oxygen atoms in total. The van der Waals surface area contributed by atoms with E-state index < -0.39 is 0 Å². The molecule has 0 atom stereocenters. The van der Waals surface area contributed by atoms with Crippen LogP contribution in [0.1, 0.15) is 27.8 Å². The van der Waals surface area contributed by atoms with Crippen molar-refractivity contribution in [1.29, 1.82) is 0 Å². The summed E-state index contributed by atoms with van der Waals surface area (Å²) in [6.07, 6.45) is 4.34. The molecule has 3 aromatic rings. The van der Waals surface area contributed by atoms with Crippen molar-refractivity contribution in [3.63, 3.8) is 0 Å². The quantitative estimate of drug-likeness (QED) is 0.358. The fraction of sp³-hybridized carbons (Fsp3) is 0.150. The molecule has 1 radical (unpaired) electrons. The Labute approximate surface area is 144 Å². The fourth-order valence-electron chi connectivity index (χ4n) is 3.02. The summed E-state index contributed by atoms with van der Waals surface area (Å²) in [6.45, 7) is 6.41. The van der Waals surface area contributed by atoms with E-state index in [-0.39, 0.29) is 20.1 Å². The molecule has 1 aliphatic carbocycles. The molecule has 0 N–H and O–H groups in total. The topological polar surface area (TPSA) is 12.9 Å². The van der Waals surface area contributed by atoms with Crippen molar-refractivity contribution in [3.05, 3.63) is 64.2 Å². The number of pyridine rings is 1. The molecule has 1 heterocycles. The van der Waals surface area contributed by atoms with Gasteiger partial charge in [0.2, 0.25) is 0 Å². The van der Waals surface area contributed by atoms with Crippen LogP contribution < -0.4 is 0 Å². The average Bonchev–Trinajstić information content (AvgIpc) is 2.89. The van der Waals surface area contributed by atoms with Crippen molar-refractivity contribution in [3.8, 4) is 11.3 Å². The molecule has 0 aliphatic heterocycles. The van der Waals surface area contributed by atoms with Gasteiger partial charge in [0.1, 0.15) is 0 Å². The molecule has 0 fully saturated rings. The maximum atomic E-state index is 4.85. The zero-order chi connectivity index (χ0) is 14.6. The molecular formula is C20H16IrN-. The van der Waals surface area contributed by atoms with Crippen LogP contribution in [0.5, 0.6) is 0 Å². The number of benzene rings is 2. The van der Waals surface area contributed by atoms with Gasteiger partial charge in [0.15, 0.2) is 0 Å². The van der Waals surface area contributed by atoms with E-state index in [2.05, 4.69) is 69.3 Å². The van der Waals surface area contributed by atoms with Crippen LogP contribution in [0.4, 0.5) is 0 Å². The molecule has 1 aliphatic rings. The van der Waals surface area contributed by atoms with Crippen LogP contribution in [0.3, 0.4) is 0 Å². The maximum absolute atomic E-state index is 4.85. The van der Waals surface area contributed by atoms with Crippen LogP contribution in [0.2, 0.25) is 0 Å². The summed E-state index contributed by atoms with van der Waals surface area (Å²) in [4.78, 5) is 4.85. The van der Waals surface area contributed by atoms with Crippen LogP contribution in [-0.2, 0) is 20.1 Å². The van der Waals surface area contributed by atoms with Gasteiger partial charge in [-0.1, -0.05) is 51.1 Å². The van der Waals surface area contributed by atoms with Crippen molar-refractivity contribution >= 4 is 23.1 Å². The molecule has 2 aromatic carbocycles. The Hall–Kier alpha value is -1.76. The molecule has 0 saturated heterocycles. The number of aryl methyl sites for hydroxylation is 2. The van der Waals surface area contributed by atoms with E-state index >= 15 is 0 Å². The Balaban J connectivity index is 0.00000144. The summed E-state index contributed by atoms with van der Waals surface area (Å²) in [5, 5.41) is 1.27. The predicted molar refractivity (Wildman–Crippen MR) is 89.2 cm³/mol. The first-order valence-electron chi connectivity index (χ1n) is 7.26. The Morgan fingerprint density at radius 1 is 0.955 bits per heavy atom. The second-order valence-electron chi connectivity index (χ2n) is 5.79. The van der Waals surface area contributed by atoms with Gasteiger partial charge in [-0.15, -0.1) is 34.4 Å². The summed E-state index contributed by atoms with van der Waals surface area (Å²) in [7, 11) is 0. The number of hydrogen-bond donors (Lipinski definition) is 0. The van der Waals surface area contributed by atoms with Gasteiger partial charge >= 0.3 is 0 Å². The van der Waals surface area contributed by atoms with Gasteiger partial charge in [0.05, 0.1) is 5.52 Å². The predicted octanol–water partition coefficient (Wildman–Crippen LogP) is 5.11. The molecule has 4 rings (SSSR count). The van der Waals surface area contributed by atoms with Gasteiger partial charge in [-0.25, -0.2) is 0 Å². The summed E-state index contributed by atoms with van der Waals surface area (Å²) >= 11 is 0. The van der Waals surface area contributed by atoms with Crippen molar-refractivity contribution in [2.24, 2.45) is 0 Å². The van der Waals surface area contributed by atoms with Crippen molar-refractivity contribution in [2.45, 2.75) is 20.8 Å². The fourth-order valence-corrected chi connectivity index (χ4v) is 3.02. The number of aromatic nitrogens is 1. The first kappa shape index (κ1) is 15.1.